The molecule has 0 aliphatic rings. The summed E-state index contributed by atoms with van der Waals surface area (Å²) in [7, 11) is 0. The molecule has 1 N–H and O–H groups in total. The molecule has 0 fully saturated rings. The maximum Gasteiger partial charge on any atom is 0.262 e. The number of benzene rings is 2. The first-order valence-electron chi connectivity index (χ1n) is 6.52. The molecule has 6 heteroatoms. The van der Waals surface area contributed by atoms with E-state index in [9.17, 15) is 4.79 Å². The molecule has 0 bridgehead atoms. The van der Waals surface area contributed by atoms with Crippen LogP contribution in [0.15, 0.2) is 39.3 Å². The number of ether oxygens (including phenoxy) is 1. The van der Waals surface area contributed by atoms with Crippen LogP contribution in [-0.2, 0) is 4.79 Å². The van der Waals surface area contributed by atoms with Crippen molar-refractivity contribution in [2.75, 3.05) is 11.9 Å². The van der Waals surface area contributed by atoms with E-state index >= 15 is 0 Å². The molecule has 0 radical (unpaired) electrons. The van der Waals surface area contributed by atoms with Gasteiger partial charge in [-0.1, -0.05) is 23.7 Å². The van der Waals surface area contributed by atoms with Crippen molar-refractivity contribution in [2.45, 2.75) is 13.8 Å². The Morgan fingerprint density at radius 1 is 1.27 bits per heavy atom. The normalized spacial score (nSPS) is 10.4. The van der Waals surface area contributed by atoms with Gasteiger partial charge in [0.2, 0.25) is 0 Å². The molecule has 3 nitrogen and oxygen atoms in total. The van der Waals surface area contributed by atoms with E-state index in [-0.39, 0.29) is 12.5 Å². The van der Waals surface area contributed by atoms with Crippen molar-refractivity contribution in [3.8, 4) is 5.75 Å². The fourth-order valence-electron chi connectivity index (χ4n) is 1.90. The fourth-order valence-corrected chi connectivity index (χ4v) is 2.97. The largest absolute Gasteiger partial charge is 0.483 e. The van der Waals surface area contributed by atoms with Gasteiger partial charge in [-0.15, -0.1) is 0 Å². The van der Waals surface area contributed by atoms with Crippen LogP contribution >= 0.6 is 43.5 Å². The average molecular weight is 448 g/mol. The maximum atomic E-state index is 12.0. The predicted octanol–water partition coefficient (Wildman–Crippen LogP) is 5.50. The number of carbonyl (C=O) groups is 1. The van der Waals surface area contributed by atoms with Gasteiger partial charge in [0.1, 0.15) is 5.75 Å². The Hall–Kier alpha value is -1.04. The average Bonchev–Trinajstić information content (AvgIpc) is 2.50. The van der Waals surface area contributed by atoms with Crippen LogP contribution in [0, 0.1) is 13.8 Å². The first-order valence-corrected chi connectivity index (χ1v) is 8.49. The topological polar surface area (TPSA) is 38.3 Å². The van der Waals surface area contributed by atoms with E-state index in [1.165, 1.54) is 0 Å². The van der Waals surface area contributed by atoms with Crippen LogP contribution in [0.25, 0.3) is 0 Å². The lowest BCUT2D eigenvalue weighted by atomic mass is 10.1. The van der Waals surface area contributed by atoms with E-state index in [4.69, 9.17) is 16.3 Å². The summed E-state index contributed by atoms with van der Waals surface area (Å²) >= 11 is 13.0. The third kappa shape index (κ3) is 4.03. The molecule has 22 heavy (non-hydrogen) atoms. The highest BCUT2D eigenvalue weighted by atomic mass is 79.9. The molecule has 2 aromatic carbocycles. The minimum atomic E-state index is -0.232. The zero-order chi connectivity index (χ0) is 16.3. The van der Waals surface area contributed by atoms with Gasteiger partial charge < -0.3 is 10.1 Å². The second-order valence-corrected chi connectivity index (χ2v) is 6.79. The van der Waals surface area contributed by atoms with Crippen LogP contribution < -0.4 is 10.1 Å². The van der Waals surface area contributed by atoms with E-state index in [2.05, 4.69) is 37.2 Å². The smallest absolute Gasteiger partial charge is 0.262 e. The summed E-state index contributed by atoms with van der Waals surface area (Å²) in [4.78, 5) is 12.0. The summed E-state index contributed by atoms with van der Waals surface area (Å²) in [5.41, 5.74) is 2.50. The van der Waals surface area contributed by atoms with E-state index in [1.807, 2.05) is 44.2 Å². The van der Waals surface area contributed by atoms with E-state index < -0.39 is 0 Å². The van der Waals surface area contributed by atoms with Crippen molar-refractivity contribution in [1.29, 1.82) is 0 Å². The molecule has 0 unspecified atom stereocenters. The fraction of sp³-hybridized carbons (Fsp3) is 0.188. The van der Waals surface area contributed by atoms with Crippen LogP contribution in [0.2, 0.25) is 5.02 Å². The lowest BCUT2D eigenvalue weighted by Gasteiger charge is -2.13. The van der Waals surface area contributed by atoms with Gasteiger partial charge in [0, 0.05) is 9.50 Å². The highest BCUT2D eigenvalue weighted by Crippen LogP contribution is 2.35. The standard InChI is InChI=1S/C16H14Br2ClNO2/c1-9-7-13(15(18)10(2)16(9)19)22-8-14(21)20-12-6-4-3-5-11(12)17/h3-7H,8H2,1-2H3,(H,20,21). The molecule has 2 rings (SSSR count). The Kier molecular flexibility index (Phi) is 5.89. The van der Waals surface area contributed by atoms with Crippen LogP contribution in [0.1, 0.15) is 11.1 Å². The van der Waals surface area contributed by atoms with Gasteiger partial charge in [0.05, 0.1) is 10.2 Å². The second kappa shape index (κ2) is 7.49. The maximum absolute atomic E-state index is 12.0. The molecule has 0 atom stereocenters. The quantitative estimate of drug-likeness (QED) is 0.672. The Bertz CT molecular complexity index is 720. The summed E-state index contributed by atoms with van der Waals surface area (Å²) in [6.07, 6.45) is 0. The van der Waals surface area contributed by atoms with E-state index in [0.717, 1.165) is 20.1 Å². The van der Waals surface area contributed by atoms with Crippen LogP contribution in [0.3, 0.4) is 0 Å². The van der Waals surface area contributed by atoms with E-state index in [1.54, 1.807) is 0 Å². The number of amides is 1. The molecular formula is C16H14Br2ClNO2. The number of aryl methyl sites for hydroxylation is 1. The molecule has 0 aliphatic carbocycles. The molecule has 2 aromatic rings. The predicted molar refractivity (Wildman–Crippen MR) is 96.9 cm³/mol. The summed E-state index contributed by atoms with van der Waals surface area (Å²) < 4.78 is 7.18. The minimum absolute atomic E-state index is 0.0829. The monoisotopic (exact) mass is 445 g/mol. The van der Waals surface area contributed by atoms with Crippen LogP contribution in [-0.4, -0.2) is 12.5 Å². The van der Waals surface area contributed by atoms with E-state index in [0.29, 0.717) is 16.5 Å². The van der Waals surface area contributed by atoms with Gasteiger partial charge in [-0.3, -0.25) is 4.79 Å². The zero-order valence-corrected chi connectivity index (χ0v) is 16.0. The van der Waals surface area contributed by atoms with Gasteiger partial charge in [-0.05, 0) is 75.0 Å². The lowest BCUT2D eigenvalue weighted by Crippen LogP contribution is -2.20. The summed E-state index contributed by atoms with van der Waals surface area (Å²) in [6.45, 7) is 3.71. The van der Waals surface area contributed by atoms with Crippen LogP contribution in [0.4, 0.5) is 5.69 Å². The van der Waals surface area contributed by atoms with Gasteiger partial charge in [0.25, 0.3) is 5.91 Å². The second-order valence-electron chi connectivity index (χ2n) is 4.76. The Labute approximate surface area is 151 Å². The summed E-state index contributed by atoms with van der Waals surface area (Å²) in [5.74, 6) is 0.366. The first-order chi connectivity index (χ1) is 10.4. The zero-order valence-electron chi connectivity index (χ0n) is 12.0. The SMILES string of the molecule is Cc1cc(OCC(=O)Nc2ccccc2Br)c(Br)c(C)c1Cl. The van der Waals surface area contributed by atoms with Crippen molar-refractivity contribution in [2.24, 2.45) is 0 Å². The molecule has 0 saturated heterocycles. The number of hydrogen-bond acceptors (Lipinski definition) is 2. The highest BCUT2D eigenvalue weighted by molar-refractivity contribution is 9.11. The minimum Gasteiger partial charge on any atom is -0.483 e. The molecule has 0 heterocycles. The molecule has 0 aliphatic heterocycles. The summed E-state index contributed by atoms with van der Waals surface area (Å²) in [6, 6.07) is 9.22. The number of rotatable bonds is 4. The van der Waals surface area contributed by atoms with Crippen molar-refractivity contribution in [3.63, 3.8) is 0 Å². The van der Waals surface area contributed by atoms with Crippen molar-refractivity contribution in [3.05, 3.63) is 55.4 Å². The first kappa shape index (κ1) is 17.3. The Morgan fingerprint density at radius 3 is 2.64 bits per heavy atom. The number of para-hydroxylation sites is 1. The molecule has 0 aromatic heterocycles. The number of nitrogens with one attached hydrogen (secondary N) is 1. The molecule has 0 saturated carbocycles. The third-order valence-electron chi connectivity index (χ3n) is 3.08. The van der Waals surface area contributed by atoms with Gasteiger partial charge in [-0.25, -0.2) is 0 Å². The highest BCUT2D eigenvalue weighted by Gasteiger charge is 2.13. The van der Waals surface area contributed by atoms with Gasteiger partial charge in [0.15, 0.2) is 6.61 Å². The Morgan fingerprint density at radius 2 is 1.95 bits per heavy atom. The third-order valence-corrected chi connectivity index (χ3v) is 5.33. The van der Waals surface area contributed by atoms with Crippen LogP contribution in [0.5, 0.6) is 5.75 Å². The summed E-state index contributed by atoms with van der Waals surface area (Å²) in [5, 5.41) is 3.48. The molecule has 0 spiro atoms. The van der Waals surface area contributed by atoms with Crippen molar-refractivity contribution in [1.82, 2.24) is 0 Å². The molecule has 1 amide bonds. The molecular weight excluding hydrogens is 433 g/mol. The van der Waals surface area contributed by atoms with Gasteiger partial charge in [-0.2, -0.15) is 0 Å². The molecule has 116 valence electrons. The Balaban J connectivity index is 2.05. The number of carbonyl (C=O) groups excluding carboxylic acids is 1. The van der Waals surface area contributed by atoms with Crippen molar-refractivity contribution < 1.29 is 9.53 Å². The lowest BCUT2D eigenvalue weighted by molar-refractivity contribution is -0.118. The van der Waals surface area contributed by atoms with Gasteiger partial charge >= 0.3 is 0 Å². The van der Waals surface area contributed by atoms with Crippen molar-refractivity contribution >= 4 is 55.1 Å². The number of hydrogen-bond donors (Lipinski definition) is 1. The number of anilines is 1. The number of halogens is 3.